The van der Waals surface area contributed by atoms with Crippen molar-refractivity contribution in [2.24, 2.45) is 13.0 Å². The first-order valence-corrected chi connectivity index (χ1v) is 8.84. The van der Waals surface area contributed by atoms with Crippen LogP contribution in [-0.4, -0.2) is 60.9 Å². The molecule has 1 aliphatic rings. The minimum absolute atomic E-state index is 0.0992. The molecule has 0 saturated carbocycles. The molecular weight excluding hydrogens is 337 g/mol. The van der Waals surface area contributed by atoms with Crippen molar-refractivity contribution < 1.29 is 19.7 Å². The Morgan fingerprint density at radius 3 is 2.38 bits per heavy atom. The zero-order chi connectivity index (χ0) is 19.0. The first kappa shape index (κ1) is 19.0. The molecule has 0 spiro atoms. The number of aryl methyl sites for hydroxylation is 1. The van der Waals surface area contributed by atoms with Crippen molar-refractivity contribution in [2.75, 3.05) is 6.61 Å². The number of hydrogen-bond acceptors (Lipinski definition) is 5. The molecule has 2 aromatic rings. The second-order valence-corrected chi connectivity index (χ2v) is 7.32. The average molecular weight is 363 g/mol. The van der Waals surface area contributed by atoms with Crippen LogP contribution in [0.3, 0.4) is 0 Å². The predicted molar refractivity (Wildman–Crippen MR) is 95.7 cm³/mol. The van der Waals surface area contributed by atoms with Gasteiger partial charge in [0.05, 0.1) is 30.6 Å². The fourth-order valence-electron chi connectivity index (χ4n) is 3.96. The van der Waals surface area contributed by atoms with E-state index < -0.39 is 18.2 Å². The largest absolute Gasteiger partial charge is 0.395 e. The SMILES string of the molecule is CC(C)[C@H]1[C@H](O)[C@H](O)[C@@H](CO)N1Cc1cn(C)nc1-c1ccc(F)cc1. The summed E-state index contributed by atoms with van der Waals surface area (Å²) in [5, 5.41) is 35.0. The Kier molecular flexibility index (Phi) is 5.43. The van der Waals surface area contributed by atoms with E-state index in [4.69, 9.17) is 0 Å². The van der Waals surface area contributed by atoms with Gasteiger partial charge in [-0.1, -0.05) is 13.8 Å². The molecule has 142 valence electrons. The number of benzene rings is 1. The standard InChI is InChI=1S/C19H26FN3O3/c1-11(2)17-19(26)18(25)15(10-24)23(17)9-13-8-22(3)21-16(13)12-4-6-14(20)7-5-12/h4-8,11,15,17-19,24-26H,9-10H2,1-3H3/t15-,17+,18-,19+/m1/s1. The lowest BCUT2D eigenvalue weighted by Gasteiger charge is -2.32. The van der Waals surface area contributed by atoms with E-state index in [9.17, 15) is 19.7 Å². The molecule has 2 heterocycles. The number of halogens is 1. The first-order chi connectivity index (χ1) is 12.3. The minimum atomic E-state index is -1.00. The van der Waals surface area contributed by atoms with E-state index in [1.54, 1.807) is 16.8 Å². The van der Waals surface area contributed by atoms with Gasteiger partial charge in [-0.05, 0) is 30.2 Å². The Hall–Kier alpha value is -1.80. The molecule has 1 fully saturated rings. The fraction of sp³-hybridized carbons (Fsp3) is 0.526. The van der Waals surface area contributed by atoms with Crippen LogP contribution in [0.2, 0.25) is 0 Å². The summed E-state index contributed by atoms with van der Waals surface area (Å²) >= 11 is 0. The van der Waals surface area contributed by atoms with Gasteiger partial charge in [0.25, 0.3) is 0 Å². The van der Waals surface area contributed by atoms with Crippen LogP contribution in [0.25, 0.3) is 11.3 Å². The lowest BCUT2D eigenvalue weighted by atomic mass is 9.98. The molecule has 0 unspecified atom stereocenters. The maximum absolute atomic E-state index is 13.2. The van der Waals surface area contributed by atoms with Crippen molar-refractivity contribution in [3.8, 4) is 11.3 Å². The highest BCUT2D eigenvalue weighted by Gasteiger charge is 2.48. The number of rotatable bonds is 5. The summed E-state index contributed by atoms with van der Waals surface area (Å²) in [6.07, 6.45) is -0.0434. The number of aromatic nitrogens is 2. The molecular formula is C19H26FN3O3. The minimum Gasteiger partial charge on any atom is -0.395 e. The van der Waals surface area contributed by atoms with Gasteiger partial charge in [-0.25, -0.2) is 4.39 Å². The highest BCUT2D eigenvalue weighted by Crippen LogP contribution is 2.33. The molecule has 0 amide bonds. The molecule has 3 rings (SSSR count). The Labute approximate surface area is 152 Å². The van der Waals surface area contributed by atoms with E-state index in [1.165, 1.54) is 12.1 Å². The zero-order valence-electron chi connectivity index (χ0n) is 15.2. The smallest absolute Gasteiger partial charge is 0.123 e. The number of nitrogens with zero attached hydrogens (tertiary/aromatic N) is 3. The van der Waals surface area contributed by atoms with E-state index in [0.29, 0.717) is 6.54 Å². The lowest BCUT2D eigenvalue weighted by molar-refractivity contribution is 0.0145. The van der Waals surface area contributed by atoms with Crippen LogP contribution in [0.1, 0.15) is 19.4 Å². The summed E-state index contributed by atoms with van der Waals surface area (Å²) in [6.45, 7) is 4.14. The summed E-state index contributed by atoms with van der Waals surface area (Å²) in [7, 11) is 1.81. The van der Waals surface area contributed by atoms with Gasteiger partial charge >= 0.3 is 0 Å². The molecule has 3 N–H and O–H groups in total. The van der Waals surface area contributed by atoms with Gasteiger partial charge in [-0.3, -0.25) is 9.58 Å². The molecule has 1 aromatic heterocycles. The van der Waals surface area contributed by atoms with Crippen molar-refractivity contribution >= 4 is 0 Å². The van der Waals surface area contributed by atoms with Gasteiger partial charge in [0.15, 0.2) is 0 Å². The number of aliphatic hydroxyl groups is 3. The number of aliphatic hydroxyl groups excluding tert-OH is 3. The Morgan fingerprint density at radius 2 is 1.81 bits per heavy atom. The third kappa shape index (κ3) is 3.40. The van der Waals surface area contributed by atoms with Gasteiger partial charge in [-0.15, -0.1) is 0 Å². The van der Waals surface area contributed by atoms with Crippen LogP contribution in [-0.2, 0) is 13.6 Å². The predicted octanol–water partition coefficient (Wildman–Crippen LogP) is 1.15. The van der Waals surface area contributed by atoms with Crippen molar-refractivity contribution in [3.05, 3.63) is 41.8 Å². The summed E-state index contributed by atoms with van der Waals surface area (Å²) in [4.78, 5) is 1.95. The van der Waals surface area contributed by atoms with Gasteiger partial charge in [0, 0.05) is 37.0 Å². The van der Waals surface area contributed by atoms with Crippen LogP contribution in [0, 0.1) is 11.7 Å². The fourth-order valence-corrected chi connectivity index (χ4v) is 3.96. The van der Waals surface area contributed by atoms with E-state index in [1.807, 2.05) is 32.0 Å². The summed E-state index contributed by atoms with van der Waals surface area (Å²) < 4.78 is 14.9. The Morgan fingerprint density at radius 1 is 1.15 bits per heavy atom. The molecule has 1 aliphatic heterocycles. The zero-order valence-corrected chi connectivity index (χ0v) is 15.2. The van der Waals surface area contributed by atoms with Crippen LogP contribution in [0.15, 0.2) is 30.5 Å². The van der Waals surface area contributed by atoms with Crippen LogP contribution in [0.5, 0.6) is 0 Å². The van der Waals surface area contributed by atoms with Crippen molar-refractivity contribution in [1.82, 2.24) is 14.7 Å². The highest BCUT2D eigenvalue weighted by atomic mass is 19.1. The third-order valence-electron chi connectivity index (χ3n) is 5.15. The topological polar surface area (TPSA) is 81.8 Å². The molecule has 1 aromatic carbocycles. The third-order valence-corrected chi connectivity index (χ3v) is 5.15. The normalized spacial score (nSPS) is 26.8. The second-order valence-electron chi connectivity index (χ2n) is 7.32. The molecule has 1 saturated heterocycles. The summed E-state index contributed by atoms with van der Waals surface area (Å²) in [6, 6.07) is 5.33. The molecule has 0 aliphatic carbocycles. The van der Waals surface area contributed by atoms with Crippen LogP contribution in [0.4, 0.5) is 4.39 Å². The highest BCUT2D eigenvalue weighted by molar-refractivity contribution is 5.62. The van der Waals surface area contributed by atoms with Crippen molar-refractivity contribution in [2.45, 2.75) is 44.7 Å². The molecule has 0 bridgehead atoms. The first-order valence-electron chi connectivity index (χ1n) is 8.84. The van der Waals surface area contributed by atoms with E-state index >= 15 is 0 Å². The van der Waals surface area contributed by atoms with Gasteiger partial charge in [-0.2, -0.15) is 5.10 Å². The van der Waals surface area contributed by atoms with Crippen LogP contribution >= 0.6 is 0 Å². The lowest BCUT2D eigenvalue weighted by Crippen LogP contribution is -2.43. The van der Waals surface area contributed by atoms with Crippen molar-refractivity contribution in [1.29, 1.82) is 0 Å². The Bertz CT molecular complexity index is 747. The molecule has 7 heteroatoms. The summed E-state index contributed by atoms with van der Waals surface area (Å²) in [5.74, 6) is -0.209. The number of likely N-dealkylation sites (tertiary alicyclic amines) is 1. The molecule has 0 radical (unpaired) electrons. The van der Waals surface area contributed by atoms with Crippen molar-refractivity contribution in [3.63, 3.8) is 0 Å². The van der Waals surface area contributed by atoms with Gasteiger partial charge < -0.3 is 15.3 Å². The van der Waals surface area contributed by atoms with E-state index in [2.05, 4.69) is 5.10 Å². The van der Waals surface area contributed by atoms with Crippen LogP contribution < -0.4 is 0 Å². The number of hydrogen-bond donors (Lipinski definition) is 3. The molecule has 6 nitrogen and oxygen atoms in total. The van der Waals surface area contributed by atoms with E-state index in [0.717, 1.165) is 16.8 Å². The monoisotopic (exact) mass is 363 g/mol. The quantitative estimate of drug-likeness (QED) is 0.742. The average Bonchev–Trinajstić information content (AvgIpc) is 3.06. The maximum Gasteiger partial charge on any atom is 0.123 e. The van der Waals surface area contributed by atoms with E-state index in [-0.39, 0.29) is 24.4 Å². The summed E-state index contributed by atoms with van der Waals surface area (Å²) in [5.41, 5.74) is 2.41. The second kappa shape index (κ2) is 7.44. The Balaban J connectivity index is 1.96. The van der Waals surface area contributed by atoms with Gasteiger partial charge in [0.1, 0.15) is 5.82 Å². The molecule has 4 atom stereocenters. The molecule has 26 heavy (non-hydrogen) atoms. The maximum atomic E-state index is 13.2. The van der Waals surface area contributed by atoms with Gasteiger partial charge in [0.2, 0.25) is 0 Å².